The second kappa shape index (κ2) is 13.8. The Morgan fingerprint density at radius 2 is 1.95 bits per heavy atom. The number of benzene rings is 1. The van der Waals surface area contributed by atoms with E-state index >= 15 is 0 Å². The molecule has 2 aliphatic heterocycles. The molecule has 1 amide bonds. The maximum atomic E-state index is 14.1. The van der Waals surface area contributed by atoms with Crippen LogP contribution in [0.15, 0.2) is 18.2 Å². The van der Waals surface area contributed by atoms with Gasteiger partial charge in [-0.3, -0.25) is 9.59 Å². The number of methoxy groups -OCH3 is 2. The average Bonchev–Trinajstić information content (AvgIpc) is 3.59. The lowest BCUT2D eigenvalue weighted by atomic mass is 9.69. The van der Waals surface area contributed by atoms with Crippen molar-refractivity contribution in [1.82, 2.24) is 19.8 Å². The summed E-state index contributed by atoms with van der Waals surface area (Å²) >= 11 is 0. The predicted molar refractivity (Wildman–Crippen MR) is 154 cm³/mol. The van der Waals surface area contributed by atoms with E-state index in [1.165, 1.54) is 0 Å². The van der Waals surface area contributed by atoms with E-state index in [1.54, 1.807) is 14.2 Å². The summed E-state index contributed by atoms with van der Waals surface area (Å²) in [5.74, 6) is 2.15. The highest BCUT2D eigenvalue weighted by molar-refractivity contribution is 5.97. The van der Waals surface area contributed by atoms with Crippen LogP contribution in [0.2, 0.25) is 0 Å². The number of amides is 1. The molecule has 216 valence electrons. The van der Waals surface area contributed by atoms with E-state index < -0.39 is 0 Å². The van der Waals surface area contributed by atoms with E-state index in [2.05, 4.69) is 23.7 Å². The van der Waals surface area contributed by atoms with Crippen LogP contribution in [0, 0.1) is 17.3 Å². The Kier molecular flexibility index (Phi) is 10.4. The third-order valence-corrected chi connectivity index (χ3v) is 8.55. The van der Waals surface area contributed by atoms with Gasteiger partial charge in [-0.1, -0.05) is 26.7 Å². The van der Waals surface area contributed by atoms with Gasteiger partial charge in [-0.2, -0.15) is 0 Å². The standard InChI is InChI=1S/C31H48N4O4/c1-23(2)10-9-13-31(19-24(21-32-22-31)30(37)34-14-5-6-15-34)20-28(36)29-33-26-12-11-25(39-4)18-27(26)35(29)16-7-8-17-38-3/h11-12,18,23-24,32H,5-10,13-17,19-22H2,1-4H3. The Morgan fingerprint density at radius 1 is 1.15 bits per heavy atom. The van der Waals surface area contributed by atoms with Gasteiger partial charge in [0.1, 0.15) is 5.75 Å². The molecule has 2 aromatic rings. The Balaban J connectivity index is 1.60. The van der Waals surface area contributed by atoms with Crippen molar-refractivity contribution in [3.05, 3.63) is 24.0 Å². The number of ether oxygens (including phenoxy) is 2. The zero-order valence-corrected chi connectivity index (χ0v) is 24.5. The summed E-state index contributed by atoms with van der Waals surface area (Å²) in [6.07, 6.45) is 8.28. The number of hydrogen-bond acceptors (Lipinski definition) is 6. The summed E-state index contributed by atoms with van der Waals surface area (Å²) < 4.78 is 12.8. The molecule has 1 aromatic heterocycles. The van der Waals surface area contributed by atoms with Crippen LogP contribution >= 0.6 is 0 Å². The molecule has 1 aromatic carbocycles. The van der Waals surface area contributed by atoms with Gasteiger partial charge in [0.05, 0.1) is 24.1 Å². The van der Waals surface area contributed by atoms with Crippen molar-refractivity contribution in [3.63, 3.8) is 0 Å². The number of rotatable bonds is 14. The summed E-state index contributed by atoms with van der Waals surface area (Å²) in [5.41, 5.74) is 1.48. The topological polar surface area (TPSA) is 85.7 Å². The molecule has 8 nitrogen and oxygen atoms in total. The Hall–Kier alpha value is -2.45. The first-order valence-electron chi connectivity index (χ1n) is 14.9. The van der Waals surface area contributed by atoms with Crippen molar-refractivity contribution in [2.45, 2.75) is 78.2 Å². The number of carbonyl (C=O) groups excluding carboxylic acids is 2. The fourth-order valence-electron chi connectivity index (χ4n) is 6.45. The van der Waals surface area contributed by atoms with Gasteiger partial charge >= 0.3 is 0 Å². The van der Waals surface area contributed by atoms with Crippen molar-refractivity contribution in [1.29, 1.82) is 0 Å². The Bertz CT molecular complexity index is 1110. The molecular weight excluding hydrogens is 492 g/mol. The number of aryl methyl sites for hydroxylation is 1. The van der Waals surface area contributed by atoms with Gasteiger partial charge in [0.2, 0.25) is 5.91 Å². The largest absolute Gasteiger partial charge is 0.497 e. The van der Waals surface area contributed by atoms with Gasteiger partial charge in [-0.25, -0.2) is 4.98 Å². The fraction of sp³-hybridized carbons (Fsp3) is 0.710. The zero-order valence-electron chi connectivity index (χ0n) is 24.5. The Morgan fingerprint density at radius 3 is 2.67 bits per heavy atom. The number of ketones is 1. The molecule has 4 rings (SSSR count). The molecule has 1 N–H and O–H groups in total. The van der Waals surface area contributed by atoms with Crippen LogP contribution in [0.5, 0.6) is 5.75 Å². The van der Waals surface area contributed by atoms with Gasteiger partial charge in [0.15, 0.2) is 11.6 Å². The molecule has 8 heteroatoms. The number of Topliss-reactive ketones (excluding diaryl/α,β-unsaturated/α-hetero) is 1. The van der Waals surface area contributed by atoms with E-state index in [-0.39, 0.29) is 23.0 Å². The molecule has 2 aliphatic rings. The van der Waals surface area contributed by atoms with Gasteiger partial charge in [0, 0.05) is 58.9 Å². The van der Waals surface area contributed by atoms with Crippen molar-refractivity contribution in [2.24, 2.45) is 17.3 Å². The number of nitrogens with zero attached hydrogens (tertiary/aromatic N) is 3. The number of hydrogen-bond donors (Lipinski definition) is 1. The number of aromatic nitrogens is 2. The van der Waals surface area contributed by atoms with Crippen molar-refractivity contribution in [2.75, 3.05) is 47.0 Å². The quantitative estimate of drug-likeness (QED) is 0.265. The molecular formula is C31H48N4O4. The second-order valence-electron chi connectivity index (χ2n) is 12.1. The molecule has 3 heterocycles. The van der Waals surface area contributed by atoms with E-state index in [0.717, 1.165) is 87.8 Å². The number of carbonyl (C=O) groups is 2. The van der Waals surface area contributed by atoms with Crippen LogP contribution in [0.4, 0.5) is 0 Å². The van der Waals surface area contributed by atoms with E-state index in [9.17, 15) is 9.59 Å². The minimum Gasteiger partial charge on any atom is -0.497 e. The highest BCUT2D eigenvalue weighted by atomic mass is 16.5. The summed E-state index contributed by atoms with van der Waals surface area (Å²) in [4.78, 5) is 34.4. The fourth-order valence-corrected chi connectivity index (χ4v) is 6.45. The SMILES string of the molecule is COCCCCn1c(C(=O)CC2(CCCC(C)C)CNCC(C(=O)N3CCCC3)C2)nc2ccc(OC)cc21. The lowest BCUT2D eigenvalue weighted by Gasteiger charge is -2.42. The summed E-state index contributed by atoms with van der Waals surface area (Å²) in [6.45, 7) is 9.08. The molecule has 39 heavy (non-hydrogen) atoms. The zero-order chi connectivity index (χ0) is 27.8. The van der Waals surface area contributed by atoms with E-state index in [1.807, 2.05) is 23.1 Å². The maximum absolute atomic E-state index is 14.1. The highest BCUT2D eigenvalue weighted by Crippen LogP contribution is 2.40. The third-order valence-electron chi connectivity index (χ3n) is 8.55. The van der Waals surface area contributed by atoms with Crippen LogP contribution in [-0.4, -0.2) is 73.1 Å². The second-order valence-corrected chi connectivity index (χ2v) is 12.1. The molecule has 2 saturated heterocycles. The maximum Gasteiger partial charge on any atom is 0.226 e. The monoisotopic (exact) mass is 540 g/mol. The number of likely N-dealkylation sites (tertiary alicyclic amines) is 1. The number of imidazole rings is 1. The van der Waals surface area contributed by atoms with Gasteiger partial charge in [-0.05, 0) is 62.0 Å². The predicted octanol–water partition coefficient (Wildman–Crippen LogP) is 5.09. The first kappa shape index (κ1) is 29.5. The van der Waals surface area contributed by atoms with Crippen molar-refractivity contribution >= 4 is 22.7 Å². The molecule has 0 aliphatic carbocycles. The minimum absolute atomic E-state index is 0.0672. The molecule has 0 spiro atoms. The number of nitrogens with one attached hydrogen (secondary N) is 1. The molecule has 0 radical (unpaired) electrons. The average molecular weight is 541 g/mol. The Labute approximate surface area is 233 Å². The third kappa shape index (κ3) is 7.40. The van der Waals surface area contributed by atoms with Crippen LogP contribution in [0.25, 0.3) is 11.0 Å². The van der Waals surface area contributed by atoms with Crippen molar-refractivity contribution in [3.8, 4) is 5.75 Å². The number of unbranched alkanes of at least 4 members (excludes halogenated alkanes) is 1. The van der Waals surface area contributed by atoms with Crippen LogP contribution in [0.1, 0.15) is 82.3 Å². The van der Waals surface area contributed by atoms with Gasteiger partial charge in [-0.15, -0.1) is 0 Å². The van der Waals surface area contributed by atoms with E-state index in [4.69, 9.17) is 14.5 Å². The van der Waals surface area contributed by atoms with Crippen molar-refractivity contribution < 1.29 is 19.1 Å². The summed E-state index contributed by atoms with van der Waals surface area (Å²) in [7, 11) is 3.37. The number of fused-ring (bicyclic) bond motifs is 1. The first-order chi connectivity index (χ1) is 18.9. The first-order valence-corrected chi connectivity index (χ1v) is 14.9. The lowest BCUT2D eigenvalue weighted by Crippen LogP contribution is -2.50. The van der Waals surface area contributed by atoms with Crippen LogP contribution in [-0.2, 0) is 16.1 Å². The molecule has 0 saturated carbocycles. The molecule has 2 fully saturated rings. The van der Waals surface area contributed by atoms with Gasteiger partial charge < -0.3 is 24.3 Å². The molecule has 0 bridgehead atoms. The van der Waals surface area contributed by atoms with Crippen LogP contribution in [0.3, 0.4) is 0 Å². The molecule has 2 atom stereocenters. The van der Waals surface area contributed by atoms with Crippen LogP contribution < -0.4 is 10.1 Å². The lowest BCUT2D eigenvalue weighted by molar-refractivity contribution is -0.136. The smallest absolute Gasteiger partial charge is 0.226 e. The summed E-state index contributed by atoms with van der Waals surface area (Å²) in [5, 5.41) is 3.57. The summed E-state index contributed by atoms with van der Waals surface area (Å²) in [6, 6.07) is 5.80. The van der Waals surface area contributed by atoms with E-state index in [0.29, 0.717) is 37.9 Å². The normalized spacial score (nSPS) is 21.7. The highest BCUT2D eigenvalue weighted by Gasteiger charge is 2.42. The van der Waals surface area contributed by atoms with Gasteiger partial charge in [0.25, 0.3) is 0 Å². The number of piperidine rings is 1. The minimum atomic E-state index is -0.249. The molecule has 2 unspecified atom stereocenters.